The molecule has 2 rings (SSSR count). The normalized spacial score (nSPS) is 12.3. The number of benzene rings is 2. The summed E-state index contributed by atoms with van der Waals surface area (Å²) < 4.78 is 5.39. The fourth-order valence-corrected chi connectivity index (χ4v) is 2.53. The van der Waals surface area contributed by atoms with Crippen LogP contribution in [0.1, 0.15) is 39.4 Å². The Morgan fingerprint density at radius 1 is 0.850 bits per heavy atom. The summed E-state index contributed by atoms with van der Waals surface area (Å²) >= 11 is 0. The molecule has 1 atom stereocenters. The lowest BCUT2D eigenvalue weighted by Gasteiger charge is -2.18. The second kappa shape index (κ2) is 5.68. The Morgan fingerprint density at radius 2 is 1.50 bits per heavy atom. The lowest BCUT2D eigenvalue weighted by atomic mass is 9.92. The number of hydrogen-bond acceptors (Lipinski definition) is 2. The van der Waals surface area contributed by atoms with Crippen molar-refractivity contribution in [2.45, 2.75) is 33.7 Å². The molecule has 2 nitrogen and oxygen atoms in total. The molecule has 2 heteroatoms. The number of methoxy groups -OCH3 is 1. The third kappa shape index (κ3) is 2.70. The summed E-state index contributed by atoms with van der Waals surface area (Å²) in [6.07, 6.45) is 0. The molecule has 0 aromatic heterocycles. The molecule has 0 aliphatic rings. The lowest BCUT2D eigenvalue weighted by molar-refractivity contribution is 0.411. The quantitative estimate of drug-likeness (QED) is 0.914. The summed E-state index contributed by atoms with van der Waals surface area (Å²) in [6, 6.07) is 10.5. The molecular weight excluding hydrogens is 246 g/mol. The molecule has 0 saturated carbocycles. The van der Waals surface area contributed by atoms with Gasteiger partial charge >= 0.3 is 0 Å². The van der Waals surface area contributed by atoms with Gasteiger partial charge in [-0.2, -0.15) is 0 Å². The maximum Gasteiger partial charge on any atom is 0.122 e. The van der Waals surface area contributed by atoms with Crippen molar-refractivity contribution in [3.8, 4) is 5.75 Å². The van der Waals surface area contributed by atoms with E-state index in [4.69, 9.17) is 10.5 Å². The average Bonchev–Trinajstić information content (AvgIpc) is 2.42. The van der Waals surface area contributed by atoms with Gasteiger partial charge in [0, 0.05) is 0 Å². The Balaban J connectivity index is 2.46. The van der Waals surface area contributed by atoms with Gasteiger partial charge in [0.05, 0.1) is 13.2 Å². The summed E-state index contributed by atoms with van der Waals surface area (Å²) in [5, 5.41) is 0. The summed E-state index contributed by atoms with van der Waals surface area (Å²) in [4.78, 5) is 0. The number of ether oxygens (including phenoxy) is 1. The van der Waals surface area contributed by atoms with Crippen LogP contribution >= 0.6 is 0 Å². The minimum atomic E-state index is -0.121. The predicted octanol–water partition coefficient (Wildman–Crippen LogP) is 3.98. The molecule has 0 amide bonds. The first kappa shape index (κ1) is 14.6. The number of rotatable bonds is 3. The molecule has 20 heavy (non-hydrogen) atoms. The third-order valence-electron chi connectivity index (χ3n) is 4.01. The van der Waals surface area contributed by atoms with Crippen LogP contribution in [0.5, 0.6) is 5.75 Å². The van der Waals surface area contributed by atoms with Crippen molar-refractivity contribution in [2.24, 2.45) is 5.73 Å². The number of nitrogens with two attached hydrogens (primary N) is 1. The molecule has 1 unspecified atom stereocenters. The van der Waals surface area contributed by atoms with Crippen LogP contribution < -0.4 is 10.5 Å². The van der Waals surface area contributed by atoms with E-state index < -0.39 is 0 Å². The zero-order chi connectivity index (χ0) is 14.9. The van der Waals surface area contributed by atoms with Crippen molar-refractivity contribution in [3.05, 3.63) is 63.7 Å². The molecule has 2 aromatic rings. The lowest BCUT2D eigenvalue weighted by Crippen LogP contribution is -2.14. The van der Waals surface area contributed by atoms with Crippen LogP contribution in [-0.2, 0) is 0 Å². The van der Waals surface area contributed by atoms with Crippen LogP contribution in [-0.4, -0.2) is 7.11 Å². The minimum absolute atomic E-state index is 0.121. The highest BCUT2D eigenvalue weighted by atomic mass is 16.5. The largest absolute Gasteiger partial charge is 0.496 e. The Morgan fingerprint density at radius 3 is 2.15 bits per heavy atom. The molecule has 0 aliphatic heterocycles. The van der Waals surface area contributed by atoms with Crippen LogP contribution in [0.3, 0.4) is 0 Å². The molecule has 2 N–H and O–H groups in total. The summed E-state index contributed by atoms with van der Waals surface area (Å²) in [7, 11) is 1.69. The molecule has 0 bridgehead atoms. The first-order valence-electron chi connectivity index (χ1n) is 6.92. The molecule has 0 radical (unpaired) electrons. The molecule has 0 saturated heterocycles. The maximum absolute atomic E-state index is 6.45. The first-order chi connectivity index (χ1) is 9.43. The van der Waals surface area contributed by atoms with E-state index >= 15 is 0 Å². The van der Waals surface area contributed by atoms with Gasteiger partial charge in [-0.3, -0.25) is 0 Å². The van der Waals surface area contributed by atoms with Crippen LogP contribution in [0.2, 0.25) is 0 Å². The van der Waals surface area contributed by atoms with E-state index in [-0.39, 0.29) is 6.04 Å². The van der Waals surface area contributed by atoms with E-state index in [0.717, 1.165) is 16.9 Å². The molecule has 0 fully saturated rings. The highest BCUT2D eigenvalue weighted by molar-refractivity contribution is 5.45. The number of hydrogen-bond donors (Lipinski definition) is 1. The summed E-state index contributed by atoms with van der Waals surface area (Å²) in [5.41, 5.74) is 13.7. The van der Waals surface area contributed by atoms with Crippen molar-refractivity contribution >= 4 is 0 Å². The van der Waals surface area contributed by atoms with E-state index in [0.29, 0.717) is 0 Å². The molecule has 0 aliphatic carbocycles. The van der Waals surface area contributed by atoms with Gasteiger partial charge < -0.3 is 10.5 Å². The summed E-state index contributed by atoms with van der Waals surface area (Å²) in [5.74, 6) is 0.888. The van der Waals surface area contributed by atoms with Crippen molar-refractivity contribution in [2.75, 3.05) is 7.11 Å². The van der Waals surface area contributed by atoms with Crippen molar-refractivity contribution in [1.29, 1.82) is 0 Å². The van der Waals surface area contributed by atoms with Crippen molar-refractivity contribution in [3.63, 3.8) is 0 Å². The minimum Gasteiger partial charge on any atom is -0.496 e. The molecule has 0 spiro atoms. The zero-order valence-corrected chi connectivity index (χ0v) is 12.9. The van der Waals surface area contributed by atoms with Crippen molar-refractivity contribution < 1.29 is 4.74 Å². The van der Waals surface area contributed by atoms with Crippen LogP contribution in [0.4, 0.5) is 0 Å². The second-order valence-electron chi connectivity index (χ2n) is 5.50. The predicted molar refractivity (Wildman–Crippen MR) is 84.4 cm³/mol. The van der Waals surface area contributed by atoms with Gasteiger partial charge in [-0.15, -0.1) is 0 Å². The maximum atomic E-state index is 6.45. The van der Waals surface area contributed by atoms with E-state index in [1.807, 2.05) is 13.0 Å². The molecule has 0 heterocycles. The monoisotopic (exact) mass is 269 g/mol. The Hall–Kier alpha value is -1.80. The van der Waals surface area contributed by atoms with Gasteiger partial charge in [0.1, 0.15) is 5.75 Å². The molecule has 106 valence electrons. The fourth-order valence-electron chi connectivity index (χ4n) is 2.53. The number of aryl methyl sites for hydroxylation is 4. The van der Waals surface area contributed by atoms with Gasteiger partial charge in [0.15, 0.2) is 0 Å². The van der Waals surface area contributed by atoms with E-state index in [2.05, 4.69) is 45.0 Å². The smallest absolute Gasteiger partial charge is 0.122 e. The Labute approximate surface area is 121 Å². The van der Waals surface area contributed by atoms with Gasteiger partial charge in [0.25, 0.3) is 0 Å². The van der Waals surface area contributed by atoms with Gasteiger partial charge in [-0.05, 0) is 67.1 Å². The molecule has 2 aromatic carbocycles. The molecular formula is C18H23NO. The fraction of sp³-hybridized carbons (Fsp3) is 0.333. The summed E-state index contributed by atoms with van der Waals surface area (Å²) in [6.45, 7) is 8.41. The van der Waals surface area contributed by atoms with E-state index in [9.17, 15) is 0 Å². The Kier molecular flexibility index (Phi) is 4.15. The van der Waals surface area contributed by atoms with Gasteiger partial charge in [0.2, 0.25) is 0 Å². The van der Waals surface area contributed by atoms with Crippen LogP contribution in [0.25, 0.3) is 0 Å². The van der Waals surface area contributed by atoms with Crippen molar-refractivity contribution in [1.82, 2.24) is 0 Å². The topological polar surface area (TPSA) is 35.2 Å². The average molecular weight is 269 g/mol. The van der Waals surface area contributed by atoms with E-state index in [1.165, 1.54) is 22.3 Å². The highest BCUT2D eigenvalue weighted by Crippen LogP contribution is 2.28. The highest BCUT2D eigenvalue weighted by Gasteiger charge is 2.14. The first-order valence-corrected chi connectivity index (χ1v) is 6.92. The SMILES string of the molecule is COc1cc(C(N)c2cc(C)c(C)cc2C)ccc1C. The second-order valence-corrected chi connectivity index (χ2v) is 5.50. The van der Waals surface area contributed by atoms with E-state index in [1.54, 1.807) is 7.11 Å². The zero-order valence-electron chi connectivity index (χ0n) is 12.9. The van der Waals surface area contributed by atoms with Crippen LogP contribution in [0, 0.1) is 27.7 Å². The Bertz CT molecular complexity index is 632. The van der Waals surface area contributed by atoms with Crippen LogP contribution in [0.15, 0.2) is 30.3 Å². The third-order valence-corrected chi connectivity index (χ3v) is 4.01. The van der Waals surface area contributed by atoms with Gasteiger partial charge in [-0.25, -0.2) is 0 Å². The standard InChI is InChI=1S/C18H23NO/c1-11-6-7-15(10-17(11)20-5)18(19)16-9-13(3)12(2)8-14(16)4/h6-10,18H,19H2,1-5H3. The van der Waals surface area contributed by atoms with Gasteiger partial charge in [-0.1, -0.05) is 24.3 Å².